The van der Waals surface area contributed by atoms with Crippen molar-refractivity contribution in [2.75, 3.05) is 11.1 Å². The molecule has 11 nitrogen and oxygen atoms in total. The average Bonchev–Trinajstić information content (AvgIpc) is 3.27. The van der Waals surface area contributed by atoms with Crippen LogP contribution in [0.4, 0.5) is 17.1 Å². The van der Waals surface area contributed by atoms with Gasteiger partial charge in [0.15, 0.2) is 11.0 Å². The molecule has 0 saturated carbocycles. The topological polar surface area (TPSA) is 146 Å². The number of benzene rings is 3. The molecule has 35 heavy (non-hydrogen) atoms. The van der Waals surface area contributed by atoms with E-state index in [1.54, 1.807) is 22.8 Å². The summed E-state index contributed by atoms with van der Waals surface area (Å²) in [6.45, 7) is 1.95. The number of para-hydroxylation sites is 2. The van der Waals surface area contributed by atoms with Crippen LogP contribution in [0.25, 0.3) is 17.1 Å². The minimum absolute atomic E-state index is 0.0450. The summed E-state index contributed by atoms with van der Waals surface area (Å²) in [7, 11) is 0. The molecule has 0 aliphatic heterocycles. The molecule has 1 N–H and O–H groups in total. The summed E-state index contributed by atoms with van der Waals surface area (Å²) in [5, 5.41) is 33.7. The lowest BCUT2D eigenvalue weighted by atomic mass is 10.2. The first kappa shape index (κ1) is 23.6. The molecule has 0 spiro atoms. The van der Waals surface area contributed by atoms with Gasteiger partial charge in [0.1, 0.15) is 5.69 Å². The number of carbonyl (C=O) groups is 1. The average molecular weight is 491 g/mol. The number of anilines is 1. The lowest BCUT2D eigenvalue weighted by Gasteiger charge is -2.11. The summed E-state index contributed by atoms with van der Waals surface area (Å²) in [4.78, 5) is 33.7. The monoisotopic (exact) mass is 490 g/mol. The van der Waals surface area contributed by atoms with E-state index in [1.165, 1.54) is 30.3 Å². The number of nitro benzene ring substituents is 2. The van der Waals surface area contributed by atoms with Crippen LogP contribution in [0.15, 0.2) is 78.0 Å². The van der Waals surface area contributed by atoms with Gasteiger partial charge in [0.25, 0.3) is 11.4 Å². The molecule has 176 valence electrons. The van der Waals surface area contributed by atoms with Crippen molar-refractivity contribution in [2.24, 2.45) is 0 Å². The van der Waals surface area contributed by atoms with Crippen molar-refractivity contribution in [3.8, 4) is 17.1 Å². The van der Waals surface area contributed by atoms with Gasteiger partial charge in [-0.1, -0.05) is 41.6 Å². The first-order chi connectivity index (χ1) is 16.8. The second-order valence-electron chi connectivity index (χ2n) is 7.39. The highest BCUT2D eigenvalue weighted by molar-refractivity contribution is 7.99. The number of amides is 1. The Morgan fingerprint density at radius 2 is 1.63 bits per heavy atom. The van der Waals surface area contributed by atoms with Crippen molar-refractivity contribution < 1.29 is 14.6 Å². The molecule has 0 saturated heterocycles. The molecule has 1 heterocycles. The quantitative estimate of drug-likeness (QED) is 0.211. The summed E-state index contributed by atoms with van der Waals surface area (Å²) in [6, 6.07) is 19.4. The summed E-state index contributed by atoms with van der Waals surface area (Å²) < 4.78 is 1.75. The largest absolute Gasteiger partial charge is 0.320 e. The second kappa shape index (κ2) is 10.1. The number of aryl methyl sites for hydroxylation is 1. The maximum absolute atomic E-state index is 12.6. The molecule has 0 atom stereocenters. The zero-order valence-corrected chi connectivity index (χ0v) is 19.1. The number of nitrogens with zero attached hydrogens (tertiary/aromatic N) is 5. The normalized spacial score (nSPS) is 10.7. The van der Waals surface area contributed by atoms with Crippen molar-refractivity contribution in [3.63, 3.8) is 0 Å². The van der Waals surface area contributed by atoms with Gasteiger partial charge in [0, 0.05) is 29.4 Å². The number of nitro groups is 2. The van der Waals surface area contributed by atoms with Gasteiger partial charge in [-0.25, -0.2) is 0 Å². The van der Waals surface area contributed by atoms with Crippen LogP contribution in [0, 0.1) is 27.2 Å². The zero-order chi connectivity index (χ0) is 24.9. The van der Waals surface area contributed by atoms with E-state index in [2.05, 4.69) is 15.5 Å². The maximum atomic E-state index is 12.6. The molecular weight excluding hydrogens is 472 g/mol. The molecule has 0 aliphatic carbocycles. The predicted octanol–water partition coefficient (Wildman–Crippen LogP) is 4.79. The molecule has 1 amide bonds. The van der Waals surface area contributed by atoms with E-state index in [1.807, 2.05) is 31.2 Å². The Kier molecular flexibility index (Phi) is 6.83. The molecule has 0 fully saturated rings. The minimum Gasteiger partial charge on any atom is -0.320 e. The summed E-state index contributed by atoms with van der Waals surface area (Å²) in [6.07, 6.45) is 0. The van der Waals surface area contributed by atoms with Crippen LogP contribution >= 0.6 is 11.8 Å². The summed E-state index contributed by atoms with van der Waals surface area (Å²) in [5.74, 6) is -0.0685. The molecule has 0 radical (unpaired) electrons. The standard InChI is InChI=1S/C23H18N6O5S/c1-15-6-10-17(11-7-15)27-22(16-8-12-18(13-9-16)28(31)32)25-26-23(27)35-14-21(30)24-19-4-2-3-5-20(19)29(33)34/h2-13H,14H2,1H3,(H,24,30). The zero-order valence-electron chi connectivity index (χ0n) is 18.3. The van der Waals surface area contributed by atoms with Crippen molar-refractivity contribution in [1.29, 1.82) is 0 Å². The highest BCUT2D eigenvalue weighted by Gasteiger charge is 2.20. The first-order valence-corrected chi connectivity index (χ1v) is 11.3. The summed E-state index contributed by atoms with van der Waals surface area (Å²) in [5.41, 5.74) is 2.27. The molecule has 0 unspecified atom stereocenters. The highest BCUT2D eigenvalue weighted by atomic mass is 32.2. The number of carbonyl (C=O) groups excluding carboxylic acids is 1. The van der Waals surface area contributed by atoms with Crippen LogP contribution in [0.2, 0.25) is 0 Å². The smallest absolute Gasteiger partial charge is 0.292 e. The maximum Gasteiger partial charge on any atom is 0.292 e. The lowest BCUT2D eigenvalue weighted by Crippen LogP contribution is -2.15. The second-order valence-corrected chi connectivity index (χ2v) is 8.33. The number of non-ortho nitro benzene ring substituents is 1. The van der Waals surface area contributed by atoms with Crippen molar-refractivity contribution >= 4 is 34.7 Å². The Bertz CT molecular complexity index is 1400. The van der Waals surface area contributed by atoms with E-state index in [4.69, 9.17) is 0 Å². The third kappa shape index (κ3) is 5.33. The van der Waals surface area contributed by atoms with E-state index in [0.29, 0.717) is 16.5 Å². The van der Waals surface area contributed by atoms with Crippen LogP contribution in [0.3, 0.4) is 0 Å². The van der Waals surface area contributed by atoms with Gasteiger partial charge in [-0.3, -0.25) is 29.6 Å². The first-order valence-electron chi connectivity index (χ1n) is 10.3. The molecule has 0 aliphatic rings. The van der Waals surface area contributed by atoms with Crippen LogP contribution < -0.4 is 5.32 Å². The molecular formula is C23H18N6O5S. The Labute approximate surface area is 203 Å². The van der Waals surface area contributed by atoms with E-state index in [9.17, 15) is 25.0 Å². The number of aromatic nitrogens is 3. The molecule has 4 rings (SSSR count). The van der Waals surface area contributed by atoms with Crippen LogP contribution in [-0.2, 0) is 4.79 Å². The van der Waals surface area contributed by atoms with Gasteiger partial charge in [0.05, 0.1) is 15.6 Å². The molecule has 3 aromatic carbocycles. The van der Waals surface area contributed by atoms with E-state index >= 15 is 0 Å². The van der Waals surface area contributed by atoms with Crippen molar-refractivity contribution in [1.82, 2.24) is 14.8 Å². The fourth-order valence-corrected chi connectivity index (χ4v) is 4.02. The fraction of sp³-hybridized carbons (Fsp3) is 0.0870. The Balaban J connectivity index is 1.61. The van der Waals surface area contributed by atoms with Crippen LogP contribution in [0.5, 0.6) is 0 Å². The Hall–Kier alpha value is -4.58. The number of hydrogen-bond acceptors (Lipinski definition) is 8. The van der Waals surface area contributed by atoms with Crippen molar-refractivity contribution in [3.05, 3.63) is 98.6 Å². The van der Waals surface area contributed by atoms with Gasteiger partial charge < -0.3 is 5.32 Å². The van der Waals surface area contributed by atoms with E-state index < -0.39 is 15.8 Å². The van der Waals surface area contributed by atoms with Gasteiger partial charge >= 0.3 is 0 Å². The SMILES string of the molecule is Cc1ccc(-n2c(SCC(=O)Nc3ccccc3[N+](=O)[O-])nnc2-c2ccc([N+](=O)[O-])cc2)cc1. The summed E-state index contributed by atoms with van der Waals surface area (Å²) >= 11 is 1.11. The molecule has 12 heteroatoms. The van der Waals surface area contributed by atoms with Gasteiger partial charge in [-0.15, -0.1) is 10.2 Å². The van der Waals surface area contributed by atoms with Gasteiger partial charge in [-0.05, 0) is 37.3 Å². The van der Waals surface area contributed by atoms with E-state index in [0.717, 1.165) is 23.0 Å². The van der Waals surface area contributed by atoms with Crippen LogP contribution in [0.1, 0.15) is 5.56 Å². The Morgan fingerprint density at radius 3 is 2.29 bits per heavy atom. The predicted molar refractivity (Wildman–Crippen MR) is 131 cm³/mol. The highest BCUT2D eigenvalue weighted by Crippen LogP contribution is 2.30. The van der Waals surface area contributed by atoms with E-state index in [-0.39, 0.29) is 22.8 Å². The fourth-order valence-electron chi connectivity index (χ4n) is 3.26. The van der Waals surface area contributed by atoms with Gasteiger partial charge in [0.2, 0.25) is 5.91 Å². The molecule has 1 aromatic heterocycles. The number of thioether (sulfide) groups is 1. The third-order valence-electron chi connectivity index (χ3n) is 4.97. The lowest BCUT2D eigenvalue weighted by molar-refractivity contribution is -0.384. The molecule has 4 aromatic rings. The third-order valence-corrected chi connectivity index (χ3v) is 5.90. The Morgan fingerprint density at radius 1 is 0.943 bits per heavy atom. The number of rotatable bonds is 8. The van der Waals surface area contributed by atoms with Crippen LogP contribution in [-0.4, -0.2) is 36.3 Å². The minimum atomic E-state index is -0.562. The van der Waals surface area contributed by atoms with Gasteiger partial charge in [-0.2, -0.15) is 0 Å². The number of hydrogen-bond donors (Lipinski definition) is 1. The number of nitrogens with one attached hydrogen (secondary N) is 1. The molecule has 0 bridgehead atoms. The van der Waals surface area contributed by atoms with Crippen molar-refractivity contribution in [2.45, 2.75) is 12.1 Å².